The van der Waals surface area contributed by atoms with Gasteiger partial charge in [-0.25, -0.2) is 4.79 Å². The summed E-state index contributed by atoms with van der Waals surface area (Å²) >= 11 is 0. The van der Waals surface area contributed by atoms with Crippen LogP contribution in [0.5, 0.6) is 11.5 Å². The van der Waals surface area contributed by atoms with Crippen molar-refractivity contribution in [3.8, 4) is 11.5 Å². The number of hydrogen-bond donors (Lipinski definition) is 0. The third-order valence-corrected chi connectivity index (χ3v) is 3.80. The van der Waals surface area contributed by atoms with Gasteiger partial charge in [0.25, 0.3) is 5.91 Å². The molecular weight excluding hydrogens is 322 g/mol. The Bertz CT molecular complexity index is 653. The van der Waals surface area contributed by atoms with E-state index in [2.05, 4.69) is 0 Å². The second-order valence-corrected chi connectivity index (χ2v) is 6.26. The molecule has 1 heterocycles. The highest BCUT2D eigenvalue weighted by Gasteiger charge is 2.35. The first-order chi connectivity index (χ1) is 11.9. The van der Waals surface area contributed by atoms with Crippen molar-refractivity contribution in [1.29, 1.82) is 0 Å². The van der Waals surface area contributed by atoms with Gasteiger partial charge in [-0.05, 0) is 31.4 Å². The minimum atomic E-state index is -0.607. The fourth-order valence-corrected chi connectivity index (χ4v) is 2.72. The van der Waals surface area contributed by atoms with Crippen LogP contribution in [0.3, 0.4) is 0 Å². The molecule has 2 rings (SSSR count). The van der Waals surface area contributed by atoms with Crippen molar-refractivity contribution < 1.29 is 23.8 Å². The summed E-state index contributed by atoms with van der Waals surface area (Å²) in [5.74, 6) is 1.39. The molecule has 1 aliphatic rings. The van der Waals surface area contributed by atoms with Gasteiger partial charge in [0.15, 0.2) is 0 Å². The maximum atomic E-state index is 12.3. The minimum Gasteiger partial charge on any atom is -0.494 e. The third kappa shape index (κ3) is 4.98. The van der Waals surface area contributed by atoms with Gasteiger partial charge in [0, 0.05) is 12.1 Å². The number of benzene rings is 1. The van der Waals surface area contributed by atoms with Gasteiger partial charge in [-0.2, -0.15) is 0 Å². The van der Waals surface area contributed by atoms with Crippen molar-refractivity contribution in [1.82, 2.24) is 4.90 Å². The molecule has 0 aliphatic carbocycles. The van der Waals surface area contributed by atoms with Crippen LogP contribution in [0.2, 0.25) is 0 Å². The highest BCUT2D eigenvalue weighted by Crippen LogP contribution is 2.25. The van der Waals surface area contributed by atoms with Crippen LogP contribution in [0.1, 0.15) is 27.2 Å². The predicted octanol–water partition coefficient (Wildman–Crippen LogP) is 2.78. The molecule has 0 saturated heterocycles. The van der Waals surface area contributed by atoms with E-state index in [0.717, 1.165) is 0 Å². The Morgan fingerprint density at radius 3 is 2.64 bits per heavy atom. The molecule has 0 fully saturated rings. The third-order valence-electron chi connectivity index (χ3n) is 3.80. The van der Waals surface area contributed by atoms with Crippen LogP contribution in [0.25, 0.3) is 0 Å². The average molecular weight is 347 g/mol. The summed E-state index contributed by atoms with van der Waals surface area (Å²) < 4.78 is 16.1. The van der Waals surface area contributed by atoms with E-state index in [9.17, 15) is 9.59 Å². The Balaban J connectivity index is 2.08. The molecule has 0 aromatic heterocycles. The number of amides is 1. The molecule has 0 radical (unpaired) electrons. The Kier molecular flexibility index (Phi) is 6.44. The fourth-order valence-electron chi connectivity index (χ4n) is 2.72. The number of rotatable bonds is 8. The van der Waals surface area contributed by atoms with E-state index < -0.39 is 12.0 Å². The summed E-state index contributed by atoms with van der Waals surface area (Å²) in [6, 6.07) is 6.62. The topological polar surface area (TPSA) is 65.1 Å². The first kappa shape index (κ1) is 18.8. The van der Waals surface area contributed by atoms with Crippen molar-refractivity contribution in [2.75, 3.05) is 20.3 Å². The fraction of sp³-hybridized carbons (Fsp3) is 0.474. The second-order valence-electron chi connectivity index (χ2n) is 6.26. The van der Waals surface area contributed by atoms with Gasteiger partial charge in [0.2, 0.25) is 0 Å². The van der Waals surface area contributed by atoms with E-state index in [1.807, 2.05) is 32.9 Å². The van der Waals surface area contributed by atoms with Crippen LogP contribution in [-0.2, 0) is 14.3 Å². The van der Waals surface area contributed by atoms with Crippen molar-refractivity contribution in [2.45, 2.75) is 33.2 Å². The number of carbonyl (C=O) groups is 2. The summed E-state index contributed by atoms with van der Waals surface area (Å²) in [7, 11) is 1.33. The maximum absolute atomic E-state index is 12.3. The maximum Gasteiger partial charge on any atom is 0.328 e. The zero-order chi connectivity index (χ0) is 18.4. The molecule has 1 aromatic carbocycles. The molecule has 0 saturated carbocycles. The van der Waals surface area contributed by atoms with Gasteiger partial charge in [0.1, 0.15) is 23.3 Å². The minimum absolute atomic E-state index is 0.240. The second kappa shape index (κ2) is 8.55. The van der Waals surface area contributed by atoms with E-state index in [0.29, 0.717) is 30.3 Å². The molecule has 1 unspecified atom stereocenters. The lowest BCUT2D eigenvalue weighted by Crippen LogP contribution is -2.44. The van der Waals surface area contributed by atoms with E-state index in [4.69, 9.17) is 14.2 Å². The van der Waals surface area contributed by atoms with Gasteiger partial charge in [0.05, 0.1) is 20.3 Å². The normalized spacial score (nSPS) is 15.2. The molecule has 1 aromatic rings. The lowest BCUT2D eigenvalue weighted by molar-refractivity contribution is -0.151. The Morgan fingerprint density at radius 1 is 1.28 bits per heavy atom. The Labute approximate surface area is 148 Å². The first-order valence-electron chi connectivity index (χ1n) is 8.44. The molecule has 0 spiro atoms. The number of esters is 1. The van der Waals surface area contributed by atoms with E-state index in [-0.39, 0.29) is 18.4 Å². The monoisotopic (exact) mass is 347 g/mol. The highest BCUT2D eigenvalue weighted by atomic mass is 16.5. The van der Waals surface area contributed by atoms with Gasteiger partial charge >= 0.3 is 5.97 Å². The molecule has 1 atom stereocenters. The number of nitrogens with zero attached hydrogens (tertiary/aromatic N) is 1. The number of ether oxygens (including phenoxy) is 3. The van der Waals surface area contributed by atoms with E-state index >= 15 is 0 Å². The predicted molar refractivity (Wildman–Crippen MR) is 93.3 cm³/mol. The smallest absolute Gasteiger partial charge is 0.328 e. The van der Waals surface area contributed by atoms with Crippen molar-refractivity contribution in [2.24, 2.45) is 5.92 Å². The lowest BCUT2D eigenvalue weighted by Gasteiger charge is -2.27. The summed E-state index contributed by atoms with van der Waals surface area (Å²) in [5, 5.41) is 0. The van der Waals surface area contributed by atoms with Crippen LogP contribution < -0.4 is 9.47 Å². The number of methoxy groups -OCH3 is 1. The van der Waals surface area contributed by atoms with Crippen LogP contribution in [-0.4, -0.2) is 43.1 Å². The average Bonchev–Trinajstić information content (AvgIpc) is 2.92. The largest absolute Gasteiger partial charge is 0.494 e. The van der Waals surface area contributed by atoms with Crippen molar-refractivity contribution in [3.63, 3.8) is 0 Å². The summed E-state index contributed by atoms with van der Waals surface area (Å²) in [6.07, 6.45) is 1.96. The Morgan fingerprint density at radius 2 is 2.00 bits per heavy atom. The van der Waals surface area contributed by atoms with Crippen LogP contribution in [0.4, 0.5) is 0 Å². The molecule has 6 nitrogen and oxygen atoms in total. The molecule has 0 N–H and O–H groups in total. The Hall–Kier alpha value is -2.50. The molecule has 1 aliphatic heterocycles. The highest BCUT2D eigenvalue weighted by molar-refractivity contribution is 5.94. The first-order valence-corrected chi connectivity index (χ1v) is 8.44. The van der Waals surface area contributed by atoms with Gasteiger partial charge in [-0.3, -0.25) is 4.79 Å². The lowest BCUT2D eigenvalue weighted by atomic mass is 10.0. The zero-order valence-electron chi connectivity index (χ0n) is 15.2. The van der Waals surface area contributed by atoms with E-state index in [1.54, 1.807) is 12.1 Å². The molecule has 1 amide bonds. The van der Waals surface area contributed by atoms with Crippen LogP contribution in [0.15, 0.2) is 36.1 Å². The molecular formula is C19H25NO5. The molecule has 136 valence electrons. The van der Waals surface area contributed by atoms with Crippen LogP contribution in [0, 0.1) is 5.92 Å². The van der Waals surface area contributed by atoms with Crippen molar-refractivity contribution in [3.05, 3.63) is 36.1 Å². The van der Waals surface area contributed by atoms with Gasteiger partial charge in [-0.15, -0.1) is 0 Å². The summed E-state index contributed by atoms with van der Waals surface area (Å²) in [4.78, 5) is 25.9. The molecule has 6 heteroatoms. The van der Waals surface area contributed by atoms with Crippen molar-refractivity contribution >= 4 is 11.9 Å². The number of hydrogen-bond acceptors (Lipinski definition) is 5. The van der Waals surface area contributed by atoms with E-state index in [1.165, 1.54) is 18.1 Å². The molecule has 0 bridgehead atoms. The molecule has 25 heavy (non-hydrogen) atoms. The zero-order valence-corrected chi connectivity index (χ0v) is 15.2. The van der Waals surface area contributed by atoms with Crippen LogP contribution >= 0.6 is 0 Å². The number of carbonyl (C=O) groups excluding carboxylic acids is 2. The summed E-state index contributed by atoms with van der Waals surface area (Å²) in [5.41, 5.74) is 0. The van der Waals surface area contributed by atoms with Gasteiger partial charge < -0.3 is 19.1 Å². The summed E-state index contributed by atoms with van der Waals surface area (Å²) in [6.45, 7) is 6.71. The van der Waals surface area contributed by atoms with Gasteiger partial charge in [-0.1, -0.05) is 19.9 Å². The standard InChI is InChI=1S/C19H25NO5/c1-5-24-14-7-6-8-15(10-14)25-16-11-18(21)20(12-16)17(9-13(2)3)19(22)23-4/h6-8,10-11,13,17H,5,9,12H2,1-4H3. The SMILES string of the molecule is CCOc1cccc(OC2=CC(=O)N(C(CC(C)C)C(=O)OC)C2)c1. The quantitative estimate of drug-likeness (QED) is 0.677.